The largest absolute Gasteiger partial charge is 0.358 e. The maximum Gasteiger partial charge on any atom is 0.255 e. The molecule has 144 valence electrons. The number of carbonyl (C=O) groups excluding carboxylic acids is 2. The van der Waals surface area contributed by atoms with E-state index in [4.69, 9.17) is 0 Å². The van der Waals surface area contributed by atoms with Gasteiger partial charge in [0.1, 0.15) is 0 Å². The average molecular weight is 375 g/mol. The minimum absolute atomic E-state index is 0.0604. The molecule has 2 amide bonds. The standard InChI is InChI=1S/C23H25N3O2/c1-14-4-10-20-18(12-14)19-13-16(7-11-21(19)25-20)22(27)24-17-8-5-15(6-9-17)23(28)26(2)3/h5-9,11,13-14,25H,4,10,12H2,1-3H3,(H,24,27)/t14-/m0/s1. The molecule has 2 aromatic carbocycles. The maximum absolute atomic E-state index is 12.7. The lowest BCUT2D eigenvalue weighted by Gasteiger charge is -2.18. The van der Waals surface area contributed by atoms with E-state index in [0.717, 1.165) is 23.7 Å². The van der Waals surface area contributed by atoms with E-state index in [1.54, 1.807) is 38.4 Å². The fourth-order valence-corrected chi connectivity index (χ4v) is 3.89. The van der Waals surface area contributed by atoms with Crippen LogP contribution in [-0.4, -0.2) is 35.8 Å². The second-order valence-corrected chi connectivity index (χ2v) is 7.92. The summed E-state index contributed by atoms with van der Waals surface area (Å²) in [6, 6.07) is 12.8. The number of aromatic nitrogens is 1. The highest BCUT2D eigenvalue weighted by Crippen LogP contribution is 2.32. The van der Waals surface area contributed by atoms with E-state index in [-0.39, 0.29) is 11.8 Å². The molecule has 0 unspecified atom stereocenters. The molecule has 4 rings (SSSR count). The zero-order valence-electron chi connectivity index (χ0n) is 16.5. The van der Waals surface area contributed by atoms with Crippen molar-refractivity contribution in [2.45, 2.75) is 26.2 Å². The minimum Gasteiger partial charge on any atom is -0.358 e. The first-order valence-corrected chi connectivity index (χ1v) is 9.69. The van der Waals surface area contributed by atoms with Gasteiger partial charge < -0.3 is 15.2 Å². The predicted octanol–water partition coefficient (Wildman–Crippen LogP) is 4.25. The predicted molar refractivity (Wildman–Crippen MR) is 112 cm³/mol. The summed E-state index contributed by atoms with van der Waals surface area (Å²) in [5.41, 5.74) is 5.67. The molecule has 0 spiro atoms. The van der Waals surface area contributed by atoms with Crippen LogP contribution in [0.15, 0.2) is 42.5 Å². The van der Waals surface area contributed by atoms with Gasteiger partial charge in [-0.1, -0.05) is 6.92 Å². The molecule has 0 radical (unpaired) electrons. The molecule has 1 aromatic heterocycles. The van der Waals surface area contributed by atoms with E-state index >= 15 is 0 Å². The summed E-state index contributed by atoms with van der Waals surface area (Å²) >= 11 is 0. The van der Waals surface area contributed by atoms with Crippen LogP contribution in [0.1, 0.15) is 45.3 Å². The van der Waals surface area contributed by atoms with Gasteiger partial charge in [0.05, 0.1) is 0 Å². The van der Waals surface area contributed by atoms with Gasteiger partial charge in [-0.25, -0.2) is 0 Å². The topological polar surface area (TPSA) is 65.2 Å². The van der Waals surface area contributed by atoms with Gasteiger partial charge in [0.25, 0.3) is 11.8 Å². The number of aromatic amines is 1. The minimum atomic E-state index is -0.146. The van der Waals surface area contributed by atoms with Gasteiger partial charge in [0, 0.05) is 47.5 Å². The maximum atomic E-state index is 12.7. The van der Waals surface area contributed by atoms with Gasteiger partial charge in [-0.15, -0.1) is 0 Å². The van der Waals surface area contributed by atoms with E-state index in [1.165, 1.54) is 22.6 Å². The first kappa shape index (κ1) is 18.3. The number of hydrogen-bond acceptors (Lipinski definition) is 2. The number of nitrogens with zero attached hydrogens (tertiary/aromatic N) is 1. The first-order valence-electron chi connectivity index (χ1n) is 9.69. The quantitative estimate of drug-likeness (QED) is 0.719. The van der Waals surface area contributed by atoms with Gasteiger partial charge in [0.2, 0.25) is 0 Å². The second-order valence-electron chi connectivity index (χ2n) is 7.92. The monoisotopic (exact) mass is 375 g/mol. The number of fused-ring (bicyclic) bond motifs is 3. The van der Waals surface area contributed by atoms with Gasteiger partial charge in [-0.2, -0.15) is 0 Å². The number of benzene rings is 2. The van der Waals surface area contributed by atoms with Crippen LogP contribution in [0.4, 0.5) is 5.69 Å². The van der Waals surface area contributed by atoms with E-state index in [9.17, 15) is 9.59 Å². The van der Waals surface area contributed by atoms with Gasteiger partial charge in [0.15, 0.2) is 0 Å². The molecule has 1 atom stereocenters. The first-order chi connectivity index (χ1) is 13.4. The molecule has 5 nitrogen and oxygen atoms in total. The van der Waals surface area contributed by atoms with Crippen LogP contribution < -0.4 is 5.32 Å². The summed E-state index contributed by atoms with van der Waals surface area (Å²) in [5, 5.41) is 4.08. The highest BCUT2D eigenvalue weighted by atomic mass is 16.2. The molecular formula is C23H25N3O2. The molecule has 28 heavy (non-hydrogen) atoms. The van der Waals surface area contributed by atoms with Crippen LogP contribution in [-0.2, 0) is 12.8 Å². The number of carbonyl (C=O) groups is 2. The summed E-state index contributed by atoms with van der Waals surface area (Å²) in [7, 11) is 3.43. The van der Waals surface area contributed by atoms with E-state index in [2.05, 4.69) is 17.2 Å². The Balaban J connectivity index is 1.56. The summed E-state index contributed by atoms with van der Waals surface area (Å²) < 4.78 is 0. The van der Waals surface area contributed by atoms with Gasteiger partial charge in [-0.3, -0.25) is 9.59 Å². The van der Waals surface area contributed by atoms with Crippen molar-refractivity contribution in [2.24, 2.45) is 5.92 Å². The third-order valence-electron chi connectivity index (χ3n) is 5.49. The number of amides is 2. The van der Waals surface area contributed by atoms with Crippen LogP contribution in [0.3, 0.4) is 0 Å². The number of rotatable bonds is 3. The van der Waals surface area contributed by atoms with Crippen molar-refractivity contribution >= 4 is 28.4 Å². The fourth-order valence-electron chi connectivity index (χ4n) is 3.89. The third-order valence-corrected chi connectivity index (χ3v) is 5.49. The van der Waals surface area contributed by atoms with Crippen molar-refractivity contribution in [3.8, 4) is 0 Å². The Morgan fingerprint density at radius 3 is 2.50 bits per heavy atom. The molecule has 0 bridgehead atoms. The molecule has 0 aliphatic heterocycles. The smallest absolute Gasteiger partial charge is 0.255 e. The lowest BCUT2D eigenvalue weighted by atomic mass is 9.87. The second kappa shape index (κ2) is 7.15. The molecule has 5 heteroatoms. The van der Waals surface area contributed by atoms with Crippen molar-refractivity contribution in [1.82, 2.24) is 9.88 Å². The van der Waals surface area contributed by atoms with Crippen LogP contribution in [0.5, 0.6) is 0 Å². The van der Waals surface area contributed by atoms with E-state index < -0.39 is 0 Å². The van der Waals surface area contributed by atoms with Crippen molar-refractivity contribution in [3.63, 3.8) is 0 Å². The molecule has 1 aliphatic carbocycles. The molecule has 1 aliphatic rings. The van der Waals surface area contributed by atoms with Crippen LogP contribution >= 0.6 is 0 Å². The third kappa shape index (κ3) is 3.40. The molecule has 0 saturated carbocycles. The Labute approximate surface area is 164 Å². The van der Waals surface area contributed by atoms with Gasteiger partial charge >= 0.3 is 0 Å². The number of hydrogen-bond donors (Lipinski definition) is 2. The van der Waals surface area contributed by atoms with E-state index in [0.29, 0.717) is 22.7 Å². The molecule has 3 aromatic rings. The molecule has 1 heterocycles. The summed E-state index contributed by atoms with van der Waals surface area (Å²) in [5.74, 6) is 0.467. The SMILES string of the molecule is C[C@H]1CCc2[nH]c3ccc(C(=O)Nc4ccc(C(=O)N(C)C)cc4)cc3c2C1. The summed E-state index contributed by atoms with van der Waals surface area (Å²) in [4.78, 5) is 29.8. The molecule has 0 fully saturated rings. The Morgan fingerprint density at radius 2 is 1.79 bits per heavy atom. The molecular weight excluding hydrogens is 350 g/mol. The lowest BCUT2D eigenvalue weighted by molar-refractivity contribution is 0.0827. The summed E-state index contributed by atoms with van der Waals surface area (Å²) in [6.45, 7) is 2.28. The lowest BCUT2D eigenvalue weighted by Crippen LogP contribution is -2.21. The molecule has 2 N–H and O–H groups in total. The van der Waals surface area contributed by atoms with Crippen LogP contribution in [0, 0.1) is 5.92 Å². The number of nitrogens with one attached hydrogen (secondary N) is 2. The highest BCUT2D eigenvalue weighted by molar-refractivity contribution is 6.07. The normalized spacial score (nSPS) is 15.9. The Hall–Kier alpha value is -3.08. The van der Waals surface area contributed by atoms with Crippen molar-refractivity contribution in [2.75, 3.05) is 19.4 Å². The van der Waals surface area contributed by atoms with Crippen molar-refractivity contribution in [1.29, 1.82) is 0 Å². The molecule has 0 saturated heterocycles. The zero-order chi connectivity index (χ0) is 19.8. The Kier molecular flexibility index (Phi) is 4.67. The number of aryl methyl sites for hydroxylation is 1. The van der Waals surface area contributed by atoms with Crippen LogP contribution in [0.2, 0.25) is 0 Å². The highest BCUT2D eigenvalue weighted by Gasteiger charge is 2.20. The van der Waals surface area contributed by atoms with Crippen LogP contribution in [0.25, 0.3) is 10.9 Å². The van der Waals surface area contributed by atoms with Crippen molar-refractivity contribution < 1.29 is 9.59 Å². The Bertz CT molecular complexity index is 1050. The Morgan fingerprint density at radius 1 is 1.07 bits per heavy atom. The number of H-pyrrole nitrogens is 1. The zero-order valence-corrected chi connectivity index (χ0v) is 16.5. The fraction of sp³-hybridized carbons (Fsp3) is 0.304. The van der Waals surface area contributed by atoms with Gasteiger partial charge in [-0.05, 0) is 73.2 Å². The van der Waals surface area contributed by atoms with Crippen molar-refractivity contribution in [3.05, 3.63) is 64.8 Å². The summed E-state index contributed by atoms with van der Waals surface area (Å²) in [6.07, 6.45) is 3.34. The van der Waals surface area contributed by atoms with E-state index in [1.807, 2.05) is 18.2 Å². The average Bonchev–Trinajstić information content (AvgIpc) is 3.05. The number of anilines is 1.